The normalized spacial score (nSPS) is 21.8. The zero-order valence-electron chi connectivity index (χ0n) is 15.1. The van der Waals surface area contributed by atoms with E-state index in [4.69, 9.17) is 0 Å². The van der Waals surface area contributed by atoms with Gasteiger partial charge in [-0.2, -0.15) is 0 Å². The van der Waals surface area contributed by atoms with Gasteiger partial charge in [0, 0.05) is 51.3 Å². The van der Waals surface area contributed by atoms with Crippen LogP contribution in [0, 0.1) is 5.92 Å². The van der Waals surface area contributed by atoms with Crippen LogP contribution < -0.4 is 0 Å². The van der Waals surface area contributed by atoms with Crippen LogP contribution in [0.4, 0.5) is 0 Å². The van der Waals surface area contributed by atoms with Gasteiger partial charge in [0.2, 0.25) is 0 Å². The van der Waals surface area contributed by atoms with Gasteiger partial charge in [-0.3, -0.25) is 19.4 Å². The van der Waals surface area contributed by atoms with Crippen LogP contribution >= 0.6 is 0 Å². The third-order valence-electron chi connectivity index (χ3n) is 5.41. The molecule has 3 fully saturated rings. The molecule has 0 radical (unpaired) electrons. The maximum Gasteiger partial charge on any atom is 0.296 e. The summed E-state index contributed by atoms with van der Waals surface area (Å²) < 4.78 is 1.65. The summed E-state index contributed by atoms with van der Waals surface area (Å²) in [6.45, 7) is 1.48. The Morgan fingerprint density at radius 1 is 1.11 bits per heavy atom. The van der Waals surface area contributed by atoms with Gasteiger partial charge in [0.05, 0.1) is 11.9 Å². The van der Waals surface area contributed by atoms with Crippen molar-refractivity contribution < 1.29 is 14.4 Å². The fraction of sp³-hybridized carbons (Fsp3) is 0.421. The number of carbonyl (C=O) groups is 3. The summed E-state index contributed by atoms with van der Waals surface area (Å²) in [4.78, 5) is 49.7. The van der Waals surface area contributed by atoms with Crippen LogP contribution in [0.15, 0.2) is 36.9 Å². The number of rotatable bonds is 3. The number of ketones is 1. The molecule has 2 amide bonds. The summed E-state index contributed by atoms with van der Waals surface area (Å²) in [7, 11) is 1.75. The average molecular weight is 367 g/mol. The molecule has 0 unspecified atom stereocenters. The van der Waals surface area contributed by atoms with E-state index in [2.05, 4.69) is 9.97 Å². The molecule has 140 valence electrons. The van der Waals surface area contributed by atoms with Gasteiger partial charge in [0.15, 0.2) is 0 Å². The number of Topliss-reactive ketones (excluding diaryl/α,β-unsaturated/α-hetero) is 1. The van der Waals surface area contributed by atoms with E-state index < -0.39 is 11.7 Å². The minimum atomic E-state index is -0.498. The van der Waals surface area contributed by atoms with Gasteiger partial charge in [-0.25, -0.2) is 4.98 Å². The zero-order valence-corrected chi connectivity index (χ0v) is 15.1. The van der Waals surface area contributed by atoms with E-state index >= 15 is 0 Å². The van der Waals surface area contributed by atoms with E-state index in [0.29, 0.717) is 31.0 Å². The topological polar surface area (TPSA) is 88.4 Å². The highest BCUT2D eigenvalue weighted by Crippen LogP contribution is 2.29. The molecular formula is C19H21N5O3. The first-order valence-electron chi connectivity index (χ1n) is 9.06. The third-order valence-corrected chi connectivity index (χ3v) is 5.41. The van der Waals surface area contributed by atoms with Crippen molar-refractivity contribution in [3.05, 3.63) is 48.3 Å². The van der Waals surface area contributed by atoms with Crippen molar-refractivity contribution >= 4 is 17.6 Å². The second kappa shape index (κ2) is 6.94. The van der Waals surface area contributed by atoms with Gasteiger partial charge < -0.3 is 14.4 Å². The van der Waals surface area contributed by atoms with Crippen LogP contribution in [0.3, 0.4) is 0 Å². The summed E-state index contributed by atoms with van der Waals surface area (Å²) in [5.41, 5.74) is 0.684. The lowest BCUT2D eigenvalue weighted by Crippen LogP contribution is -2.50. The summed E-state index contributed by atoms with van der Waals surface area (Å²) in [5, 5.41) is 0. The van der Waals surface area contributed by atoms with E-state index in [0.717, 1.165) is 12.8 Å². The molecule has 0 saturated carbocycles. The Morgan fingerprint density at radius 2 is 1.96 bits per heavy atom. The van der Waals surface area contributed by atoms with Gasteiger partial charge in [-0.05, 0) is 30.9 Å². The number of nitrogens with zero attached hydrogens (tertiary/aromatic N) is 5. The Morgan fingerprint density at radius 3 is 2.67 bits per heavy atom. The predicted octanol–water partition coefficient (Wildman–Crippen LogP) is 0.761. The Kier molecular flexibility index (Phi) is 4.47. The second-order valence-electron chi connectivity index (χ2n) is 7.19. The lowest BCUT2D eigenvalue weighted by molar-refractivity contribution is -0.130. The molecule has 0 spiro atoms. The van der Waals surface area contributed by atoms with Gasteiger partial charge in [0.1, 0.15) is 5.69 Å². The third kappa shape index (κ3) is 3.22. The highest BCUT2D eigenvalue weighted by atomic mass is 16.2. The molecule has 2 bridgehead atoms. The SMILES string of the molecule is Cn1cccc1C(=O)C(=O)N1C[C@H]2CC[C@@H]1CN(C(=O)c1cnccn1)C2. The predicted molar refractivity (Wildman–Crippen MR) is 95.9 cm³/mol. The highest BCUT2D eigenvalue weighted by Gasteiger charge is 2.41. The zero-order chi connectivity index (χ0) is 19.0. The molecule has 2 aromatic rings. The fourth-order valence-corrected chi connectivity index (χ4v) is 4.01. The van der Waals surface area contributed by atoms with Crippen molar-refractivity contribution in [1.29, 1.82) is 0 Å². The molecule has 27 heavy (non-hydrogen) atoms. The van der Waals surface area contributed by atoms with Crippen molar-refractivity contribution in [3.63, 3.8) is 0 Å². The number of aryl methyl sites for hydroxylation is 1. The Labute approximate surface area is 156 Å². The lowest BCUT2D eigenvalue weighted by Gasteiger charge is -2.35. The molecule has 0 N–H and O–H groups in total. The first-order chi connectivity index (χ1) is 13.0. The monoisotopic (exact) mass is 367 g/mol. The Bertz CT molecular complexity index is 878. The number of aromatic nitrogens is 3. The molecule has 3 saturated heterocycles. The maximum absolute atomic E-state index is 12.9. The number of piperidine rings is 1. The first kappa shape index (κ1) is 17.4. The minimum Gasteiger partial charge on any atom is -0.348 e. The van der Waals surface area contributed by atoms with Gasteiger partial charge >= 0.3 is 0 Å². The number of fused-ring (bicyclic) bond motifs is 4. The van der Waals surface area contributed by atoms with Crippen LogP contribution in [0.1, 0.15) is 33.8 Å². The van der Waals surface area contributed by atoms with Crippen molar-refractivity contribution in [3.8, 4) is 0 Å². The van der Waals surface area contributed by atoms with E-state index in [1.165, 1.54) is 18.6 Å². The summed E-state index contributed by atoms with van der Waals surface area (Å²) in [5.74, 6) is -1.00. The van der Waals surface area contributed by atoms with Gasteiger partial charge in [0.25, 0.3) is 17.6 Å². The van der Waals surface area contributed by atoms with Crippen LogP contribution in [-0.2, 0) is 11.8 Å². The number of hydrogen-bond donors (Lipinski definition) is 0. The highest BCUT2D eigenvalue weighted by molar-refractivity contribution is 6.42. The van der Waals surface area contributed by atoms with E-state index in [1.807, 2.05) is 0 Å². The minimum absolute atomic E-state index is 0.152. The smallest absolute Gasteiger partial charge is 0.296 e. The van der Waals surface area contributed by atoms with Gasteiger partial charge in [-0.15, -0.1) is 0 Å². The summed E-state index contributed by atoms with van der Waals surface area (Å²) in [6.07, 6.45) is 7.96. The number of hydrogen-bond acceptors (Lipinski definition) is 5. The average Bonchev–Trinajstić information content (AvgIpc) is 2.92. The largest absolute Gasteiger partial charge is 0.348 e. The maximum atomic E-state index is 12.9. The Hall–Kier alpha value is -3.03. The standard InChI is InChI=1S/C19H21N5O3/c1-22-8-2-3-16(22)17(25)19(27)24-11-13-4-5-14(24)12-23(10-13)18(26)15-9-20-6-7-21-15/h2-3,6-9,13-14H,4-5,10-12H2,1H3/t13-,14+/m0/s1. The molecule has 2 atom stereocenters. The van der Waals surface area contributed by atoms with Crippen molar-refractivity contribution in [2.24, 2.45) is 13.0 Å². The van der Waals surface area contributed by atoms with E-state index in [9.17, 15) is 14.4 Å². The molecular weight excluding hydrogens is 346 g/mol. The van der Waals surface area contributed by atoms with E-state index in [-0.39, 0.29) is 17.9 Å². The molecule has 5 heterocycles. The molecule has 3 aliphatic rings. The van der Waals surface area contributed by atoms with Crippen LogP contribution in [-0.4, -0.2) is 67.6 Å². The quantitative estimate of drug-likeness (QED) is 0.590. The van der Waals surface area contributed by atoms with Gasteiger partial charge in [-0.1, -0.05) is 0 Å². The van der Waals surface area contributed by atoms with Crippen molar-refractivity contribution in [1.82, 2.24) is 24.3 Å². The number of carbonyl (C=O) groups excluding carboxylic acids is 3. The molecule has 8 heteroatoms. The molecule has 0 aliphatic carbocycles. The number of amides is 2. The fourth-order valence-electron chi connectivity index (χ4n) is 4.01. The summed E-state index contributed by atoms with van der Waals surface area (Å²) >= 11 is 0. The van der Waals surface area contributed by atoms with Crippen LogP contribution in [0.25, 0.3) is 0 Å². The Balaban J connectivity index is 1.53. The van der Waals surface area contributed by atoms with Crippen molar-refractivity contribution in [2.45, 2.75) is 18.9 Å². The molecule has 3 aliphatic heterocycles. The lowest BCUT2D eigenvalue weighted by atomic mass is 9.94. The van der Waals surface area contributed by atoms with Crippen LogP contribution in [0.2, 0.25) is 0 Å². The molecule has 5 rings (SSSR count). The van der Waals surface area contributed by atoms with Crippen LogP contribution in [0.5, 0.6) is 0 Å². The molecule has 0 aromatic carbocycles. The summed E-state index contributed by atoms with van der Waals surface area (Å²) in [6, 6.07) is 3.25. The molecule has 2 aromatic heterocycles. The molecule has 8 nitrogen and oxygen atoms in total. The van der Waals surface area contributed by atoms with E-state index in [1.54, 1.807) is 39.7 Å². The second-order valence-corrected chi connectivity index (χ2v) is 7.19. The van der Waals surface area contributed by atoms with Crippen molar-refractivity contribution in [2.75, 3.05) is 19.6 Å². The first-order valence-corrected chi connectivity index (χ1v) is 9.06.